The summed E-state index contributed by atoms with van der Waals surface area (Å²) in [6.45, 7) is 13.9. The number of aliphatic hydroxyl groups is 1. The molecule has 0 aromatic carbocycles. The molecule has 0 aliphatic heterocycles. The van der Waals surface area contributed by atoms with Crippen LogP contribution in [0.15, 0.2) is 0 Å². The Morgan fingerprint density at radius 2 is 0.571 bits per heavy atom. The van der Waals surface area contributed by atoms with E-state index in [0.29, 0.717) is 31.6 Å². The molecule has 6 atom stereocenters. The summed E-state index contributed by atoms with van der Waals surface area (Å²) >= 11 is 0. The summed E-state index contributed by atoms with van der Waals surface area (Å²) in [6.07, 6.45) is 35.0. The van der Waals surface area contributed by atoms with Crippen LogP contribution >= 0.6 is 15.6 Å². The fourth-order valence-electron chi connectivity index (χ4n) is 9.57. The molecule has 0 amide bonds. The number of hydrogen-bond donors (Lipinski definition) is 3. The Bertz CT molecular complexity index is 1680. The Hall–Kier alpha value is -1.94. The molecule has 19 heteroatoms. The molecule has 498 valence electrons. The van der Waals surface area contributed by atoms with E-state index >= 15 is 0 Å². The Labute approximate surface area is 511 Å². The van der Waals surface area contributed by atoms with Crippen molar-refractivity contribution in [2.24, 2.45) is 23.7 Å². The smallest absolute Gasteiger partial charge is 0.462 e. The van der Waals surface area contributed by atoms with Gasteiger partial charge in [0.05, 0.1) is 26.4 Å². The fraction of sp³-hybridized carbons (Fsp3) is 0.938. The van der Waals surface area contributed by atoms with E-state index < -0.39 is 97.5 Å². The lowest BCUT2D eigenvalue weighted by Crippen LogP contribution is -2.30. The lowest BCUT2D eigenvalue weighted by atomic mass is 10.00. The second-order valence-electron chi connectivity index (χ2n) is 25.2. The summed E-state index contributed by atoms with van der Waals surface area (Å²) in [6, 6.07) is 0. The standard InChI is InChI=1S/C65H126O17P2/c1-9-58(8)44-36-28-22-24-30-38-46-63(68)76-52-61(81-64(69)47-39-31-19-15-11-10-13-17-25-33-41-55(2)3)54-80-84(73,74)78-50-59(66)49-77-83(71,72)79-53-60(51-75-62(67)45-37-29-23-21-27-35-43-57(6)7)82-65(70)48-40-32-20-16-12-14-18-26-34-42-56(4)5/h55-61,66H,9-54H2,1-8H3,(H,71,72)(H,73,74)/t58?,59-,60+,61+/m0/s1. The Morgan fingerprint density at radius 1 is 0.333 bits per heavy atom. The molecule has 0 heterocycles. The molecule has 0 aromatic rings. The van der Waals surface area contributed by atoms with Crippen molar-refractivity contribution >= 4 is 39.5 Å². The van der Waals surface area contributed by atoms with Gasteiger partial charge in [0.1, 0.15) is 19.3 Å². The first kappa shape index (κ1) is 82.1. The van der Waals surface area contributed by atoms with Crippen molar-refractivity contribution in [3.05, 3.63) is 0 Å². The minimum Gasteiger partial charge on any atom is -0.462 e. The van der Waals surface area contributed by atoms with Gasteiger partial charge in [0.15, 0.2) is 12.2 Å². The predicted molar refractivity (Wildman–Crippen MR) is 335 cm³/mol. The Balaban J connectivity index is 5.26. The highest BCUT2D eigenvalue weighted by Gasteiger charge is 2.30. The quantitative estimate of drug-likeness (QED) is 0.0222. The first-order valence-electron chi connectivity index (χ1n) is 33.7. The summed E-state index contributed by atoms with van der Waals surface area (Å²) in [7, 11) is -9.89. The van der Waals surface area contributed by atoms with Crippen molar-refractivity contribution in [2.75, 3.05) is 39.6 Å². The summed E-state index contributed by atoms with van der Waals surface area (Å²) in [5.41, 5.74) is 0. The molecule has 84 heavy (non-hydrogen) atoms. The third-order valence-electron chi connectivity index (χ3n) is 15.2. The van der Waals surface area contributed by atoms with Gasteiger partial charge in [0.2, 0.25) is 0 Å². The lowest BCUT2D eigenvalue weighted by Gasteiger charge is -2.21. The van der Waals surface area contributed by atoms with Crippen LogP contribution in [0, 0.1) is 23.7 Å². The zero-order chi connectivity index (χ0) is 62.5. The first-order valence-corrected chi connectivity index (χ1v) is 36.7. The molecule has 3 N–H and O–H groups in total. The summed E-state index contributed by atoms with van der Waals surface area (Å²) in [4.78, 5) is 72.2. The minimum atomic E-state index is -4.95. The van der Waals surface area contributed by atoms with Gasteiger partial charge in [0.25, 0.3) is 0 Å². The maximum atomic E-state index is 13.0. The van der Waals surface area contributed by atoms with E-state index in [2.05, 4.69) is 55.4 Å². The summed E-state index contributed by atoms with van der Waals surface area (Å²) in [5, 5.41) is 10.5. The van der Waals surface area contributed by atoms with Gasteiger partial charge in [-0.2, -0.15) is 0 Å². The van der Waals surface area contributed by atoms with Crippen LogP contribution in [0.4, 0.5) is 0 Å². The number of ether oxygens (including phenoxy) is 4. The second kappa shape index (κ2) is 55.2. The van der Waals surface area contributed by atoms with Crippen molar-refractivity contribution in [2.45, 2.75) is 331 Å². The number of phosphoric ester groups is 2. The largest absolute Gasteiger partial charge is 0.472 e. The molecule has 0 aliphatic carbocycles. The molecular formula is C65H126O17P2. The van der Waals surface area contributed by atoms with Gasteiger partial charge in [-0.1, -0.05) is 261 Å². The zero-order valence-corrected chi connectivity index (χ0v) is 56.3. The van der Waals surface area contributed by atoms with E-state index in [1.165, 1.54) is 103 Å². The third kappa shape index (κ3) is 57.8. The first-order chi connectivity index (χ1) is 40.1. The monoisotopic (exact) mass is 1240 g/mol. The average Bonchev–Trinajstić information content (AvgIpc) is 3.44. The molecule has 17 nitrogen and oxygen atoms in total. The number of hydrogen-bond acceptors (Lipinski definition) is 15. The predicted octanol–water partition coefficient (Wildman–Crippen LogP) is 17.8. The maximum absolute atomic E-state index is 13.0. The van der Waals surface area contributed by atoms with E-state index in [0.717, 1.165) is 120 Å². The van der Waals surface area contributed by atoms with Gasteiger partial charge < -0.3 is 33.8 Å². The van der Waals surface area contributed by atoms with Crippen LogP contribution in [0.5, 0.6) is 0 Å². The van der Waals surface area contributed by atoms with E-state index in [1.54, 1.807) is 0 Å². The van der Waals surface area contributed by atoms with Crippen molar-refractivity contribution in [1.29, 1.82) is 0 Å². The highest BCUT2D eigenvalue weighted by atomic mass is 31.2. The van der Waals surface area contributed by atoms with Gasteiger partial charge >= 0.3 is 39.5 Å². The van der Waals surface area contributed by atoms with E-state index in [4.69, 9.17) is 37.0 Å². The van der Waals surface area contributed by atoms with Crippen molar-refractivity contribution in [3.8, 4) is 0 Å². The normalized spacial score (nSPS) is 14.7. The van der Waals surface area contributed by atoms with Crippen LogP contribution < -0.4 is 0 Å². The number of aliphatic hydroxyl groups excluding tert-OH is 1. The molecule has 0 saturated carbocycles. The number of esters is 4. The summed E-state index contributed by atoms with van der Waals surface area (Å²) < 4.78 is 68.0. The van der Waals surface area contributed by atoms with E-state index in [9.17, 15) is 43.2 Å². The van der Waals surface area contributed by atoms with Crippen molar-refractivity contribution < 1.29 is 80.2 Å². The lowest BCUT2D eigenvalue weighted by molar-refractivity contribution is -0.161. The van der Waals surface area contributed by atoms with Crippen LogP contribution in [0.25, 0.3) is 0 Å². The number of unbranched alkanes of at least 4 members (excludes halogenated alkanes) is 27. The Kier molecular flexibility index (Phi) is 53.9. The molecule has 0 fully saturated rings. The van der Waals surface area contributed by atoms with Crippen molar-refractivity contribution in [3.63, 3.8) is 0 Å². The van der Waals surface area contributed by atoms with Crippen LogP contribution in [0.1, 0.15) is 312 Å². The SMILES string of the molecule is CCC(C)CCCCCCCCC(=O)OC[C@H](COP(=O)(O)OC[C@@H](O)COP(=O)(O)OC[C@@H](COC(=O)CCCCCCCCC(C)C)OC(=O)CCCCCCCCCCCC(C)C)OC(=O)CCCCCCCCCCCCC(C)C. The summed E-state index contributed by atoms with van der Waals surface area (Å²) in [5.74, 6) is 0.759. The van der Waals surface area contributed by atoms with Crippen LogP contribution in [-0.2, 0) is 65.4 Å². The van der Waals surface area contributed by atoms with Gasteiger partial charge in [-0.25, -0.2) is 9.13 Å². The molecule has 0 aromatic heterocycles. The highest BCUT2D eigenvalue weighted by Crippen LogP contribution is 2.45. The zero-order valence-electron chi connectivity index (χ0n) is 54.5. The van der Waals surface area contributed by atoms with Gasteiger partial charge in [0, 0.05) is 25.7 Å². The molecule has 0 spiro atoms. The molecule has 0 rings (SSSR count). The van der Waals surface area contributed by atoms with Crippen LogP contribution in [0.3, 0.4) is 0 Å². The van der Waals surface area contributed by atoms with Crippen LogP contribution in [-0.4, -0.2) is 96.7 Å². The van der Waals surface area contributed by atoms with Gasteiger partial charge in [-0.05, 0) is 49.4 Å². The highest BCUT2D eigenvalue weighted by molar-refractivity contribution is 7.47. The number of rotatable bonds is 62. The van der Waals surface area contributed by atoms with Crippen molar-refractivity contribution in [1.82, 2.24) is 0 Å². The average molecular weight is 1240 g/mol. The molecule has 0 bridgehead atoms. The Morgan fingerprint density at radius 3 is 0.845 bits per heavy atom. The fourth-order valence-corrected chi connectivity index (χ4v) is 11.2. The van der Waals surface area contributed by atoms with Gasteiger partial charge in [-0.15, -0.1) is 0 Å². The molecule has 0 radical (unpaired) electrons. The van der Waals surface area contributed by atoms with E-state index in [-0.39, 0.29) is 25.7 Å². The minimum absolute atomic E-state index is 0.103. The van der Waals surface area contributed by atoms with Crippen LogP contribution in [0.2, 0.25) is 0 Å². The maximum Gasteiger partial charge on any atom is 0.472 e. The molecular weight excluding hydrogens is 1110 g/mol. The third-order valence-corrected chi connectivity index (χ3v) is 17.1. The van der Waals surface area contributed by atoms with Gasteiger partial charge in [-0.3, -0.25) is 37.3 Å². The number of carbonyl (C=O) groups excluding carboxylic acids is 4. The van der Waals surface area contributed by atoms with E-state index in [1.807, 2.05) is 0 Å². The topological polar surface area (TPSA) is 237 Å². The number of carbonyl (C=O) groups is 4. The molecule has 0 saturated heterocycles. The second-order valence-corrected chi connectivity index (χ2v) is 28.1. The molecule has 0 aliphatic rings. The number of phosphoric acid groups is 2. The molecule has 3 unspecified atom stereocenters.